The van der Waals surface area contributed by atoms with E-state index in [4.69, 9.17) is 0 Å². The van der Waals surface area contributed by atoms with Crippen molar-refractivity contribution < 1.29 is 22.3 Å². The van der Waals surface area contributed by atoms with E-state index in [-0.39, 0.29) is 11.4 Å². The molecule has 0 aromatic carbocycles. The third-order valence-electron chi connectivity index (χ3n) is 2.32. The summed E-state index contributed by atoms with van der Waals surface area (Å²) in [5, 5.41) is 0. The maximum Gasteiger partial charge on any atom is 0.321 e. The van der Waals surface area contributed by atoms with Gasteiger partial charge in [0.1, 0.15) is 17.3 Å². The molecule has 0 saturated carbocycles. The quantitative estimate of drug-likeness (QED) is 0.724. The first-order valence-electron chi connectivity index (χ1n) is 5.59. The third-order valence-corrected chi connectivity index (χ3v) is 4.13. The van der Waals surface area contributed by atoms with Crippen LogP contribution < -0.4 is 0 Å². The molecular formula is C11H15FN2O4S. The number of sulfonamides is 1. The number of halogens is 1. The molecule has 0 radical (unpaired) electrons. The van der Waals surface area contributed by atoms with E-state index in [1.54, 1.807) is 6.92 Å². The van der Waals surface area contributed by atoms with Gasteiger partial charge in [0.15, 0.2) is 0 Å². The van der Waals surface area contributed by atoms with Gasteiger partial charge >= 0.3 is 5.97 Å². The highest BCUT2D eigenvalue weighted by atomic mass is 32.2. The third kappa shape index (κ3) is 3.97. The van der Waals surface area contributed by atoms with E-state index in [9.17, 15) is 17.6 Å². The Bertz CT molecular complexity index is 547. The Balaban J connectivity index is 3.09. The number of carbonyl (C=O) groups is 1. The summed E-state index contributed by atoms with van der Waals surface area (Å²) in [7, 11) is -2.79. The van der Waals surface area contributed by atoms with E-state index in [0.717, 1.165) is 22.8 Å². The second-order valence-electron chi connectivity index (χ2n) is 3.75. The van der Waals surface area contributed by atoms with Crippen LogP contribution in [0.15, 0.2) is 23.4 Å². The normalized spacial score (nSPS) is 11.6. The Morgan fingerprint density at radius 2 is 2.16 bits per heavy atom. The summed E-state index contributed by atoms with van der Waals surface area (Å²) in [6, 6.07) is 0.863. The van der Waals surface area contributed by atoms with Gasteiger partial charge in [0.2, 0.25) is 10.0 Å². The molecule has 0 spiro atoms. The molecule has 8 heteroatoms. The van der Waals surface area contributed by atoms with Crippen LogP contribution in [0.3, 0.4) is 0 Å². The molecule has 0 aliphatic rings. The van der Waals surface area contributed by atoms with E-state index < -0.39 is 28.4 Å². The van der Waals surface area contributed by atoms with Gasteiger partial charge in [-0.15, -0.1) is 0 Å². The fraction of sp³-hybridized carbons (Fsp3) is 0.455. The van der Waals surface area contributed by atoms with E-state index in [1.807, 2.05) is 0 Å². The summed E-state index contributed by atoms with van der Waals surface area (Å²) in [5.74, 6) is -1.43. The van der Waals surface area contributed by atoms with Gasteiger partial charge in [-0.1, -0.05) is 6.92 Å². The average Bonchev–Trinajstić information content (AvgIpc) is 2.38. The second kappa shape index (κ2) is 6.58. The van der Waals surface area contributed by atoms with Crippen molar-refractivity contribution in [3.8, 4) is 0 Å². The Kier molecular flexibility index (Phi) is 5.37. The Morgan fingerprint density at radius 1 is 1.47 bits per heavy atom. The fourth-order valence-corrected chi connectivity index (χ4v) is 2.88. The van der Waals surface area contributed by atoms with Crippen LogP contribution in [0.2, 0.25) is 0 Å². The highest BCUT2D eigenvalue weighted by molar-refractivity contribution is 7.89. The molecule has 0 saturated heterocycles. The van der Waals surface area contributed by atoms with Gasteiger partial charge in [-0.05, 0) is 12.5 Å². The van der Waals surface area contributed by atoms with Gasteiger partial charge in [-0.25, -0.2) is 12.8 Å². The number of methoxy groups -OCH3 is 1. The molecule has 0 bridgehead atoms. The lowest BCUT2D eigenvalue weighted by Crippen LogP contribution is -2.36. The van der Waals surface area contributed by atoms with Crippen LogP contribution in [0.25, 0.3) is 0 Å². The second-order valence-corrected chi connectivity index (χ2v) is 5.69. The first-order valence-corrected chi connectivity index (χ1v) is 7.03. The first kappa shape index (κ1) is 15.5. The fourth-order valence-electron chi connectivity index (χ4n) is 1.42. The number of nitrogens with zero attached hydrogens (tertiary/aromatic N) is 2. The van der Waals surface area contributed by atoms with E-state index in [1.165, 1.54) is 7.11 Å². The van der Waals surface area contributed by atoms with Crippen LogP contribution in [0.1, 0.15) is 13.3 Å². The number of rotatable bonds is 6. The number of ether oxygens (including phenoxy) is 1. The van der Waals surface area contributed by atoms with Crippen molar-refractivity contribution in [2.24, 2.45) is 0 Å². The van der Waals surface area contributed by atoms with Crippen molar-refractivity contribution in [2.75, 3.05) is 20.2 Å². The molecule has 6 nitrogen and oxygen atoms in total. The molecule has 1 heterocycles. The topological polar surface area (TPSA) is 76.6 Å². The molecule has 0 amide bonds. The van der Waals surface area contributed by atoms with Crippen LogP contribution in [0, 0.1) is 5.82 Å². The largest absolute Gasteiger partial charge is 0.468 e. The molecule has 0 fully saturated rings. The molecule has 1 rings (SSSR count). The molecule has 1 aromatic rings. The Morgan fingerprint density at radius 3 is 2.68 bits per heavy atom. The number of hydrogen-bond donors (Lipinski definition) is 0. The molecule has 19 heavy (non-hydrogen) atoms. The standard InChI is InChI=1S/C11H15FN2O4S/c1-3-4-14(8-11(15)18-2)19(16,17)10-5-9(12)6-13-7-10/h5-7H,3-4,8H2,1-2H3. The van der Waals surface area contributed by atoms with Crippen LogP contribution in [-0.4, -0.2) is 43.9 Å². The summed E-state index contributed by atoms with van der Waals surface area (Å²) >= 11 is 0. The molecule has 0 unspecified atom stereocenters. The van der Waals surface area contributed by atoms with Gasteiger partial charge in [0.25, 0.3) is 0 Å². The summed E-state index contributed by atoms with van der Waals surface area (Å²) in [5.41, 5.74) is 0. The van der Waals surface area contributed by atoms with Gasteiger partial charge in [-0.3, -0.25) is 9.78 Å². The number of aromatic nitrogens is 1. The summed E-state index contributed by atoms with van der Waals surface area (Å²) < 4.78 is 42.9. The summed E-state index contributed by atoms with van der Waals surface area (Å²) in [4.78, 5) is 14.4. The molecule has 1 aromatic heterocycles. The molecule has 0 aliphatic carbocycles. The Hall–Kier alpha value is -1.54. The van der Waals surface area contributed by atoms with Gasteiger partial charge < -0.3 is 4.74 Å². The number of hydrogen-bond acceptors (Lipinski definition) is 5. The molecule has 0 N–H and O–H groups in total. The van der Waals surface area contributed by atoms with Crippen LogP contribution >= 0.6 is 0 Å². The van der Waals surface area contributed by atoms with E-state index in [0.29, 0.717) is 6.42 Å². The van der Waals surface area contributed by atoms with Crippen molar-refractivity contribution in [3.63, 3.8) is 0 Å². The van der Waals surface area contributed by atoms with Gasteiger partial charge in [0, 0.05) is 12.7 Å². The van der Waals surface area contributed by atoms with Crippen molar-refractivity contribution >= 4 is 16.0 Å². The lowest BCUT2D eigenvalue weighted by atomic mass is 10.5. The maximum atomic E-state index is 13.0. The van der Waals surface area contributed by atoms with Crippen molar-refractivity contribution in [1.82, 2.24) is 9.29 Å². The van der Waals surface area contributed by atoms with Crippen LogP contribution in [-0.2, 0) is 19.6 Å². The predicted octanol–water partition coefficient (Wildman–Crippen LogP) is 0.794. The minimum Gasteiger partial charge on any atom is -0.468 e. The van der Waals surface area contributed by atoms with Gasteiger partial charge in [0.05, 0.1) is 13.3 Å². The van der Waals surface area contributed by atoms with E-state index in [2.05, 4.69) is 9.72 Å². The molecule has 0 atom stereocenters. The lowest BCUT2D eigenvalue weighted by Gasteiger charge is -2.20. The van der Waals surface area contributed by atoms with Crippen molar-refractivity contribution in [2.45, 2.75) is 18.2 Å². The molecule has 0 aliphatic heterocycles. The summed E-state index contributed by atoms with van der Waals surface area (Å²) in [6.07, 6.45) is 2.46. The zero-order valence-electron chi connectivity index (χ0n) is 10.7. The van der Waals surface area contributed by atoms with Gasteiger partial charge in [-0.2, -0.15) is 4.31 Å². The van der Waals surface area contributed by atoms with Crippen molar-refractivity contribution in [1.29, 1.82) is 0 Å². The molecule has 106 valence electrons. The predicted molar refractivity (Wildman–Crippen MR) is 65.3 cm³/mol. The SMILES string of the molecule is CCCN(CC(=O)OC)S(=O)(=O)c1cncc(F)c1. The van der Waals surface area contributed by atoms with Crippen LogP contribution in [0.4, 0.5) is 4.39 Å². The highest BCUT2D eigenvalue weighted by Gasteiger charge is 2.26. The number of esters is 1. The number of pyridine rings is 1. The summed E-state index contributed by atoms with van der Waals surface area (Å²) in [6.45, 7) is 1.49. The van der Waals surface area contributed by atoms with Crippen LogP contribution in [0.5, 0.6) is 0 Å². The number of carbonyl (C=O) groups excluding carboxylic acids is 1. The smallest absolute Gasteiger partial charge is 0.321 e. The minimum absolute atomic E-state index is 0.133. The zero-order valence-corrected chi connectivity index (χ0v) is 11.5. The average molecular weight is 290 g/mol. The Labute approximate surface area is 111 Å². The maximum absolute atomic E-state index is 13.0. The van der Waals surface area contributed by atoms with E-state index >= 15 is 0 Å². The first-order chi connectivity index (χ1) is 8.91. The monoisotopic (exact) mass is 290 g/mol. The molecular weight excluding hydrogens is 275 g/mol. The zero-order chi connectivity index (χ0) is 14.5. The minimum atomic E-state index is -3.96. The lowest BCUT2D eigenvalue weighted by molar-refractivity contribution is -0.140. The highest BCUT2D eigenvalue weighted by Crippen LogP contribution is 2.15. The van der Waals surface area contributed by atoms with Crippen molar-refractivity contribution in [3.05, 3.63) is 24.3 Å².